The van der Waals surface area contributed by atoms with Crippen LogP contribution in [0.5, 0.6) is 0 Å². The van der Waals surface area contributed by atoms with E-state index in [4.69, 9.17) is 0 Å². The molecular formula is C19H25N5O. The van der Waals surface area contributed by atoms with Gasteiger partial charge in [0, 0.05) is 25.2 Å². The molecule has 2 aromatic rings. The van der Waals surface area contributed by atoms with Crippen molar-refractivity contribution in [3.05, 3.63) is 42.0 Å². The van der Waals surface area contributed by atoms with E-state index in [1.165, 1.54) is 12.8 Å². The van der Waals surface area contributed by atoms with Gasteiger partial charge in [0.25, 0.3) is 0 Å². The van der Waals surface area contributed by atoms with Crippen LogP contribution in [0.3, 0.4) is 0 Å². The van der Waals surface area contributed by atoms with Crippen LogP contribution in [-0.2, 0) is 18.4 Å². The fourth-order valence-electron chi connectivity index (χ4n) is 3.70. The number of hydrogen-bond acceptors (Lipinski definition) is 4. The molecule has 1 aromatic carbocycles. The molecule has 2 aliphatic rings. The van der Waals surface area contributed by atoms with E-state index in [1.54, 1.807) is 0 Å². The second-order valence-electron chi connectivity index (χ2n) is 7.00. The van der Waals surface area contributed by atoms with Crippen LogP contribution in [0.4, 0.5) is 5.69 Å². The predicted molar refractivity (Wildman–Crippen MR) is 96.3 cm³/mol. The summed E-state index contributed by atoms with van der Waals surface area (Å²) in [6.07, 6.45) is 3.29. The van der Waals surface area contributed by atoms with E-state index in [2.05, 4.69) is 26.6 Å². The Bertz CT molecular complexity index is 752. The van der Waals surface area contributed by atoms with Gasteiger partial charge in [-0.05, 0) is 37.9 Å². The van der Waals surface area contributed by atoms with Gasteiger partial charge in [-0.2, -0.15) is 0 Å². The van der Waals surface area contributed by atoms with Crippen molar-refractivity contribution in [1.82, 2.24) is 19.7 Å². The highest BCUT2D eigenvalue weighted by Gasteiger charge is 2.37. The number of anilines is 1. The first-order valence-corrected chi connectivity index (χ1v) is 9.17. The molecule has 0 unspecified atom stereocenters. The third kappa shape index (κ3) is 3.06. The Labute approximate surface area is 148 Å². The Morgan fingerprint density at radius 3 is 2.60 bits per heavy atom. The fourth-order valence-corrected chi connectivity index (χ4v) is 3.70. The van der Waals surface area contributed by atoms with E-state index in [1.807, 2.05) is 42.3 Å². The monoisotopic (exact) mass is 339 g/mol. The minimum atomic E-state index is -0.0775. The van der Waals surface area contributed by atoms with E-state index >= 15 is 0 Å². The minimum absolute atomic E-state index is 0.0775. The lowest BCUT2D eigenvalue weighted by Crippen LogP contribution is -2.42. The van der Waals surface area contributed by atoms with Crippen LogP contribution in [0.25, 0.3) is 0 Å². The smallest absolute Gasteiger partial charge is 0.244 e. The number of nitrogens with zero attached hydrogens (tertiary/aromatic N) is 5. The zero-order valence-electron chi connectivity index (χ0n) is 14.9. The van der Waals surface area contributed by atoms with Gasteiger partial charge in [0.05, 0.1) is 12.6 Å². The molecule has 2 heterocycles. The molecule has 4 rings (SSSR count). The molecule has 0 N–H and O–H groups in total. The molecule has 6 heteroatoms. The molecular weight excluding hydrogens is 314 g/mol. The summed E-state index contributed by atoms with van der Waals surface area (Å²) in [5.74, 6) is 2.82. The summed E-state index contributed by atoms with van der Waals surface area (Å²) in [5.41, 5.74) is 0.987. The van der Waals surface area contributed by atoms with Crippen molar-refractivity contribution in [1.29, 1.82) is 0 Å². The molecule has 1 aliphatic heterocycles. The van der Waals surface area contributed by atoms with Crippen LogP contribution < -0.4 is 4.90 Å². The number of rotatable bonds is 6. The number of likely N-dealkylation sites (N-methyl/N-ethyl adjacent to an activating group) is 1. The molecule has 132 valence electrons. The van der Waals surface area contributed by atoms with Crippen LogP contribution in [0.1, 0.15) is 43.8 Å². The maximum atomic E-state index is 12.9. The molecule has 6 nitrogen and oxygen atoms in total. The fraction of sp³-hybridized carbons (Fsp3) is 0.526. The highest BCUT2D eigenvalue weighted by atomic mass is 16.2. The van der Waals surface area contributed by atoms with E-state index in [9.17, 15) is 4.79 Å². The molecule has 1 atom stereocenters. The first-order chi connectivity index (χ1) is 12.2. The summed E-state index contributed by atoms with van der Waals surface area (Å²) < 4.78 is 2.12. The van der Waals surface area contributed by atoms with E-state index in [-0.39, 0.29) is 11.9 Å². The Morgan fingerprint density at radius 2 is 1.92 bits per heavy atom. The van der Waals surface area contributed by atoms with Gasteiger partial charge >= 0.3 is 0 Å². The van der Waals surface area contributed by atoms with Crippen LogP contribution in [-0.4, -0.2) is 44.7 Å². The number of amides is 1. The van der Waals surface area contributed by atoms with Crippen molar-refractivity contribution < 1.29 is 4.79 Å². The zero-order valence-corrected chi connectivity index (χ0v) is 14.9. The van der Waals surface area contributed by atoms with E-state index in [0.717, 1.165) is 36.8 Å². The maximum Gasteiger partial charge on any atom is 0.244 e. The van der Waals surface area contributed by atoms with Crippen LogP contribution in [0, 0.1) is 0 Å². The van der Waals surface area contributed by atoms with Crippen LogP contribution in [0.2, 0.25) is 0 Å². The molecule has 25 heavy (non-hydrogen) atoms. The van der Waals surface area contributed by atoms with Crippen molar-refractivity contribution in [3.8, 4) is 0 Å². The average Bonchev–Trinajstić information content (AvgIpc) is 3.32. The molecule has 1 saturated carbocycles. The van der Waals surface area contributed by atoms with Crippen LogP contribution in [0.15, 0.2) is 30.3 Å². The summed E-state index contributed by atoms with van der Waals surface area (Å²) >= 11 is 0. The number of hydrogen-bond donors (Lipinski definition) is 0. The Hall–Kier alpha value is -2.21. The molecule has 0 bridgehead atoms. The van der Waals surface area contributed by atoms with Gasteiger partial charge in [-0.1, -0.05) is 25.1 Å². The van der Waals surface area contributed by atoms with Gasteiger partial charge in [0.1, 0.15) is 11.6 Å². The second-order valence-corrected chi connectivity index (χ2v) is 7.00. The van der Waals surface area contributed by atoms with Crippen molar-refractivity contribution in [3.63, 3.8) is 0 Å². The summed E-state index contributed by atoms with van der Waals surface area (Å²) in [7, 11) is 2.05. The molecule has 1 aromatic heterocycles. The largest absolute Gasteiger partial charge is 0.317 e. The van der Waals surface area contributed by atoms with Gasteiger partial charge in [-0.25, -0.2) is 0 Å². The maximum absolute atomic E-state index is 12.9. The average molecular weight is 339 g/mol. The summed E-state index contributed by atoms with van der Waals surface area (Å²) in [6, 6.07) is 9.86. The van der Waals surface area contributed by atoms with Crippen molar-refractivity contribution >= 4 is 11.6 Å². The van der Waals surface area contributed by atoms with Gasteiger partial charge in [0.2, 0.25) is 5.91 Å². The number of carbonyl (C=O) groups is 1. The highest BCUT2D eigenvalue weighted by molar-refractivity contribution is 5.99. The van der Waals surface area contributed by atoms with Crippen molar-refractivity contribution in [2.45, 2.75) is 44.7 Å². The lowest BCUT2D eigenvalue weighted by atomic mass is 10.2. The second kappa shape index (κ2) is 6.59. The van der Waals surface area contributed by atoms with Gasteiger partial charge < -0.3 is 9.47 Å². The quantitative estimate of drug-likeness (QED) is 0.810. The number of carbonyl (C=O) groups excluding carboxylic acids is 1. The van der Waals surface area contributed by atoms with Crippen molar-refractivity contribution in [2.75, 3.05) is 18.0 Å². The third-order valence-electron chi connectivity index (χ3n) is 5.38. The predicted octanol–water partition coefficient (Wildman–Crippen LogP) is 2.32. The highest BCUT2D eigenvalue weighted by Crippen LogP contribution is 2.38. The Morgan fingerprint density at radius 1 is 1.16 bits per heavy atom. The minimum Gasteiger partial charge on any atom is -0.317 e. The molecule has 1 amide bonds. The lowest BCUT2D eigenvalue weighted by molar-refractivity contribution is -0.121. The standard InChI is InChI=1S/C19H25N5O/c1-3-23(13-17-20-21-18(22(17)2)14-9-10-14)16-11-12-24(19(16)25)15-7-5-4-6-8-15/h4-8,14,16H,3,9-13H2,1-2H3/t16-/m1/s1. The molecule has 0 spiro atoms. The third-order valence-corrected chi connectivity index (χ3v) is 5.38. The van der Waals surface area contributed by atoms with E-state index in [0.29, 0.717) is 12.5 Å². The number of benzene rings is 1. The molecule has 0 radical (unpaired) electrons. The topological polar surface area (TPSA) is 54.3 Å². The summed E-state index contributed by atoms with van der Waals surface area (Å²) in [4.78, 5) is 17.1. The van der Waals surface area contributed by atoms with Gasteiger partial charge in [-0.15, -0.1) is 10.2 Å². The lowest BCUT2D eigenvalue weighted by Gasteiger charge is -2.26. The SMILES string of the molecule is CCN(Cc1nnc(C2CC2)n1C)[C@@H]1CCN(c2ccccc2)C1=O. The zero-order chi connectivity index (χ0) is 17.4. The van der Waals surface area contributed by atoms with Gasteiger partial charge in [-0.3, -0.25) is 9.69 Å². The molecule has 2 fully saturated rings. The first-order valence-electron chi connectivity index (χ1n) is 9.17. The normalized spacial score (nSPS) is 20.7. The van der Waals surface area contributed by atoms with E-state index < -0.39 is 0 Å². The van der Waals surface area contributed by atoms with Crippen molar-refractivity contribution in [2.24, 2.45) is 7.05 Å². The van der Waals surface area contributed by atoms with Crippen LogP contribution >= 0.6 is 0 Å². The Kier molecular flexibility index (Phi) is 4.29. The molecule has 1 saturated heterocycles. The van der Waals surface area contributed by atoms with Gasteiger partial charge in [0.15, 0.2) is 0 Å². The number of aromatic nitrogens is 3. The Balaban J connectivity index is 1.49. The number of para-hydroxylation sites is 1. The molecule has 1 aliphatic carbocycles. The summed E-state index contributed by atoms with van der Waals surface area (Å²) in [6.45, 7) is 4.38. The first kappa shape index (κ1) is 16.3. The summed E-state index contributed by atoms with van der Waals surface area (Å²) in [5, 5.41) is 8.75.